The first-order valence-corrected chi connectivity index (χ1v) is 10.7. The maximum absolute atomic E-state index is 5.79. The molecular formula is C18H22AsN4O. The Kier molecular flexibility index (Phi) is 6.25. The first-order valence-electron chi connectivity index (χ1n) is 8.40. The zero-order valence-corrected chi connectivity index (χ0v) is 15.8. The summed E-state index contributed by atoms with van der Waals surface area (Å²) in [6.07, 6.45) is 8.21. The van der Waals surface area contributed by atoms with Crippen LogP contribution in [0, 0.1) is 0 Å². The van der Waals surface area contributed by atoms with Gasteiger partial charge in [0.15, 0.2) is 0 Å². The van der Waals surface area contributed by atoms with Crippen molar-refractivity contribution >= 4 is 31.4 Å². The molecule has 0 bridgehead atoms. The number of nitrogens with one attached hydrogen (secondary N) is 1. The Hall–Kier alpha value is -1.87. The number of ether oxygens (including phenoxy) is 1. The van der Waals surface area contributed by atoms with Gasteiger partial charge in [-0.15, -0.1) is 0 Å². The SMILES string of the molecule is CCCCCCOc1ccc(C[As]c2ncnc3nc[nH]c23)cc1. The van der Waals surface area contributed by atoms with E-state index in [1.165, 1.54) is 24.8 Å². The molecule has 3 rings (SSSR count). The molecule has 1 aromatic carbocycles. The van der Waals surface area contributed by atoms with Crippen LogP contribution >= 0.6 is 0 Å². The Bertz CT molecular complexity index is 757. The number of unbranched alkanes of at least 4 members (excludes halogenated alkanes) is 3. The predicted molar refractivity (Wildman–Crippen MR) is 96.9 cm³/mol. The van der Waals surface area contributed by atoms with E-state index in [4.69, 9.17) is 4.74 Å². The summed E-state index contributed by atoms with van der Waals surface area (Å²) >= 11 is -0.0604. The second-order valence-corrected chi connectivity index (χ2v) is 7.88. The third kappa shape index (κ3) is 4.57. The molecule has 0 aliphatic carbocycles. The molecule has 2 aromatic heterocycles. The number of benzene rings is 1. The molecule has 1 N–H and O–H groups in total. The molecule has 125 valence electrons. The van der Waals surface area contributed by atoms with Gasteiger partial charge in [0.05, 0.1) is 0 Å². The van der Waals surface area contributed by atoms with E-state index in [1.807, 2.05) is 0 Å². The van der Waals surface area contributed by atoms with Gasteiger partial charge in [-0.2, -0.15) is 0 Å². The fraction of sp³-hybridized carbons (Fsp3) is 0.389. The van der Waals surface area contributed by atoms with Crippen molar-refractivity contribution in [3.63, 3.8) is 0 Å². The van der Waals surface area contributed by atoms with Gasteiger partial charge in [0, 0.05) is 0 Å². The summed E-state index contributed by atoms with van der Waals surface area (Å²) in [4.78, 5) is 15.9. The van der Waals surface area contributed by atoms with Crippen molar-refractivity contribution in [1.82, 2.24) is 19.9 Å². The topological polar surface area (TPSA) is 63.7 Å². The molecule has 0 saturated heterocycles. The Labute approximate surface area is 149 Å². The van der Waals surface area contributed by atoms with Gasteiger partial charge in [0.25, 0.3) is 0 Å². The van der Waals surface area contributed by atoms with Gasteiger partial charge in [-0.05, 0) is 0 Å². The monoisotopic (exact) mass is 385 g/mol. The molecule has 3 aromatic rings. The summed E-state index contributed by atoms with van der Waals surface area (Å²) in [5.74, 6) is 0.962. The van der Waals surface area contributed by atoms with Gasteiger partial charge in [-0.25, -0.2) is 0 Å². The second-order valence-electron chi connectivity index (χ2n) is 5.67. The molecule has 5 nitrogen and oxygen atoms in total. The predicted octanol–water partition coefficient (Wildman–Crippen LogP) is 2.84. The summed E-state index contributed by atoms with van der Waals surface area (Å²) in [5, 5.41) is 1.03. The third-order valence-electron chi connectivity index (χ3n) is 3.80. The van der Waals surface area contributed by atoms with Gasteiger partial charge < -0.3 is 0 Å². The number of H-pyrrole nitrogens is 1. The number of aromatic nitrogens is 4. The summed E-state index contributed by atoms with van der Waals surface area (Å²) in [7, 11) is 0. The minimum absolute atomic E-state index is 0.0604. The van der Waals surface area contributed by atoms with Crippen LogP contribution in [0.4, 0.5) is 0 Å². The first-order chi connectivity index (χ1) is 11.9. The zero-order chi connectivity index (χ0) is 16.6. The van der Waals surface area contributed by atoms with Gasteiger partial charge >= 0.3 is 149 Å². The van der Waals surface area contributed by atoms with Crippen LogP contribution < -0.4 is 9.22 Å². The van der Waals surface area contributed by atoms with E-state index in [9.17, 15) is 0 Å². The summed E-state index contributed by atoms with van der Waals surface area (Å²) in [6, 6.07) is 8.45. The Morgan fingerprint density at radius 3 is 2.75 bits per heavy atom. The number of rotatable bonds is 9. The van der Waals surface area contributed by atoms with Gasteiger partial charge in [-0.3, -0.25) is 0 Å². The number of hydrogen-bond acceptors (Lipinski definition) is 4. The molecule has 0 fully saturated rings. The van der Waals surface area contributed by atoms with Crippen molar-refractivity contribution in [2.75, 3.05) is 6.61 Å². The van der Waals surface area contributed by atoms with Gasteiger partial charge in [-0.1, -0.05) is 0 Å². The average molecular weight is 385 g/mol. The quantitative estimate of drug-likeness (QED) is 0.455. The van der Waals surface area contributed by atoms with Crippen LogP contribution in [0.1, 0.15) is 38.2 Å². The molecular weight excluding hydrogens is 363 g/mol. The number of imidazole rings is 1. The zero-order valence-electron chi connectivity index (χ0n) is 13.9. The molecule has 0 spiro atoms. The van der Waals surface area contributed by atoms with E-state index >= 15 is 0 Å². The maximum atomic E-state index is 5.79. The van der Waals surface area contributed by atoms with Crippen LogP contribution in [-0.4, -0.2) is 42.3 Å². The molecule has 0 amide bonds. The fourth-order valence-electron chi connectivity index (χ4n) is 2.45. The van der Waals surface area contributed by atoms with E-state index < -0.39 is 0 Å². The molecule has 1 radical (unpaired) electrons. The molecule has 6 heteroatoms. The van der Waals surface area contributed by atoms with Gasteiger partial charge in [0.2, 0.25) is 0 Å². The molecule has 0 unspecified atom stereocenters. The second kappa shape index (κ2) is 8.83. The van der Waals surface area contributed by atoms with E-state index in [2.05, 4.69) is 51.1 Å². The third-order valence-corrected chi connectivity index (χ3v) is 6.24. The molecule has 0 aliphatic rings. The Morgan fingerprint density at radius 2 is 1.92 bits per heavy atom. The van der Waals surface area contributed by atoms with Crippen molar-refractivity contribution < 1.29 is 4.74 Å². The van der Waals surface area contributed by atoms with Crippen LogP contribution in [0.25, 0.3) is 11.2 Å². The summed E-state index contributed by atoms with van der Waals surface area (Å²) < 4.78 is 6.89. The van der Waals surface area contributed by atoms with E-state index in [0.29, 0.717) is 0 Å². The fourth-order valence-corrected chi connectivity index (χ4v) is 4.54. The normalized spacial score (nSPS) is 11.5. The standard InChI is InChI=1S/C18H22AsN4O/c1-2-3-4-5-10-24-15-8-6-14(7-9-15)11-19-17-16-18(22-12-20-16)23-13-21-17/h6-9,12-13H,2-5,10-11H2,1H3,(H,20,21,22,23). The molecule has 2 heterocycles. The molecule has 0 saturated carbocycles. The average Bonchev–Trinajstić information content (AvgIpc) is 3.10. The van der Waals surface area contributed by atoms with E-state index in [1.54, 1.807) is 12.7 Å². The van der Waals surface area contributed by atoms with Crippen molar-refractivity contribution in [2.45, 2.75) is 37.8 Å². The van der Waals surface area contributed by atoms with E-state index in [-0.39, 0.29) is 15.8 Å². The van der Waals surface area contributed by atoms with Crippen molar-refractivity contribution in [2.24, 2.45) is 0 Å². The molecule has 0 atom stereocenters. The van der Waals surface area contributed by atoms with Crippen LogP contribution in [0.5, 0.6) is 5.75 Å². The molecule has 24 heavy (non-hydrogen) atoms. The van der Waals surface area contributed by atoms with Crippen molar-refractivity contribution in [3.05, 3.63) is 42.5 Å². The summed E-state index contributed by atoms with van der Waals surface area (Å²) in [5.41, 5.74) is 3.05. The number of hydrogen-bond donors (Lipinski definition) is 1. The van der Waals surface area contributed by atoms with Crippen molar-refractivity contribution in [1.29, 1.82) is 0 Å². The van der Waals surface area contributed by atoms with Gasteiger partial charge in [0.1, 0.15) is 0 Å². The Balaban J connectivity index is 1.50. The Morgan fingerprint density at radius 1 is 1.04 bits per heavy atom. The number of nitrogens with zero attached hydrogens (tertiary/aromatic N) is 3. The number of aromatic amines is 1. The van der Waals surface area contributed by atoms with Crippen LogP contribution in [0.3, 0.4) is 0 Å². The van der Waals surface area contributed by atoms with Crippen LogP contribution in [-0.2, 0) is 5.21 Å². The van der Waals surface area contributed by atoms with Crippen LogP contribution in [0.2, 0.25) is 0 Å². The number of fused-ring (bicyclic) bond motifs is 1. The van der Waals surface area contributed by atoms with Crippen molar-refractivity contribution in [3.8, 4) is 5.75 Å². The minimum atomic E-state index is -0.0604. The van der Waals surface area contributed by atoms with E-state index in [0.717, 1.165) is 39.6 Å². The summed E-state index contributed by atoms with van der Waals surface area (Å²) in [6.45, 7) is 3.03. The molecule has 0 aliphatic heterocycles. The first kappa shape index (κ1) is 17.0. The van der Waals surface area contributed by atoms with Crippen LogP contribution in [0.15, 0.2) is 36.9 Å².